The first-order chi connectivity index (χ1) is 19.3. The number of aromatic nitrogens is 1. The third-order valence-electron chi connectivity index (χ3n) is 6.37. The Morgan fingerprint density at radius 1 is 1.27 bits per heavy atom. The van der Waals surface area contributed by atoms with E-state index < -0.39 is 28.0 Å². The molecule has 0 saturated carbocycles. The fraction of sp³-hybridized carbons (Fsp3) is 0.310. The lowest BCUT2D eigenvalue weighted by Crippen LogP contribution is -2.44. The van der Waals surface area contributed by atoms with Gasteiger partial charge in [0.25, 0.3) is 15.9 Å². The molecular weight excluding hydrogens is 578 g/mol. The molecule has 0 radical (unpaired) electrons. The molecule has 1 aliphatic heterocycles. The molecule has 3 aromatic rings. The number of fused-ring (bicyclic) bond motifs is 1. The molecule has 0 fully saturated rings. The van der Waals surface area contributed by atoms with Crippen LogP contribution in [-0.2, 0) is 20.7 Å². The average Bonchev–Trinajstić information content (AvgIpc) is 2.91. The molecular formula is C29H29ClF2N2O6S. The van der Waals surface area contributed by atoms with Gasteiger partial charge in [-0.3, -0.25) is 9.10 Å². The predicted molar refractivity (Wildman–Crippen MR) is 152 cm³/mol. The van der Waals surface area contributed by atoms with Crippen molar-refractivity contribution in [3.05, 3.63) is 75.9 Å². The molecule has 8 nitrogen and oxygen atoms in total. The van der Waals surface area contributed by atoms with Crippen LogP contribution in [0.25, 0.3) is 12.2 Å². The van der Waals surface area contributed by atoms with Gasteiger partial charge in [0.2, 0.25) is 5.88 Å². The van der Waals surface area contributed by atoms with Crippen LogP contribution in [0.1, 0.15) is 48.9 Å². The molecule has 0 spiro atoms. The summed E-state index contributed by atoms with van der Waals surface area (Å²) in [6, 6.07) is 10.5. The molecule has 1 atom stereocenters. The van der Waals surface area contributed by atoms with Gasteiger partial charge >= 0.3 is 5.97 Å². The Labute approximate surface area is 242 Å². The van der Waals surface area contributed by atoms with E-state index in [9.17, 15) is 27.1 Å². The number of benzene rings is 2. The van der Waals surface area contributed by atoms with Gasteiger partial charge in [0.15, 0.2) is 0 Å². The number of carboxylic acids is 1. The van der Waals surface area contributed by atoms with Crippen LogP contribution in [0.15, 0.2) is 53.6 Å². The lowest BCUT2D eigenvalue weighted by Gasteiger charge is -2.35. The van der Waals surface area contributed by atoms with Gasteiger partial charge in [0.05, 0.1) is 18.8 Å². The number of hydrogen-bond acceptors (Lipinski definition) is 6. The normalized spacial score (nSPS) is 15.5. The topological polar surface area (TPSA) is 106 Å². The lowest BCUT2D eigenvalue weighted by molar-refractivity contribution is -0.137. The Balaban J connectivity index is 1.80. The summed E-state index contributed by atoms with van der Waals surface area (Å²) in [6.07, 6.45) is 3.63. The summed E-state index contributed by atoms with van der Waals surface area (Å²) in [5.41, 5.74) is 1.18. The number of carbonyl (C=O) groups is 1. The second-order valence-electron chi connectivity index (χ2n) is 9.61. The summed E-state index contributed by atoms with van der Waals surface area (Å²) in [7, 11) is -4.26. The van der Waals surface area contributed by atoms with Gasteiger partial charge in [-0.05, 0) is 55.7 Å². The Bertz CT molecular complexity index is 1590. The maximum Gasteiger partial charge on any atom is 0.303 e. The van der Waals surface area contributed by atoms with Crippen LogP contribution in [0.4, 0.5) is 14.5 Å². The number of alkyl halides is 2. The third-order valence-corrected chi connectivity index (χ3v) is 8.47. The summed E-state index contributed by atoms with van der Waals surface area (Å²) in [6.45, 7) is 4.23. The van der Waals surface area contributed by atoms with E-state index in [-0.39, 0.29) is 64.4 Å². The van der Waals surface area contributed by atoms with Crippen molar-refractivity contribution >= 4 is 45.4 Å². The van der Waals surface area contributed by atoms with E-state index in [1.54, 1.807) is 38.1 Å². The van der Waals surface area contributed by atoms with Gasteiger partial charge in [-0.25, -0.2) is 22.2 Å². The van der Waals surface area contributed by atoms with E-state index in [1.807, 2.05) is 0 Å². The minimum atomic E-state index is -4.26. The molecule has 1 aromatic heterocycles. The molecule has 0 saturated heterocycles. The van der Waals surface area contributed by atoms with Crippen molar-refractivity contribution in [1.82, 2.24) is 4.98 Å². The second kappa shape index (κ2) is 12.0. The lowest BCUT2D eigenvalue weighted by atomic mass is 10.0. The molecule has 4 rings (SSSR count). The quantitative estimate of drug-likeness (QED) is 0.261. The number of halogens is 3. The zero-order valence-electron chi connectivity index (χ0n) is 22.6. The minimum Gasteiger partial charge on any atom is -0.486 e. The van der Waals surface area contributed by atoms with Crippen molar-refractivity contribution in [1.29, 1.82) is 0 Å². The van der Waals surface area contributed by atoms with Crippen molar-refractivity contribution in [3.63, 3.8) is 0 Å². The molecule has 2 heterocycles. The maximum absolute atomic E-state index is 14.2. The Morgan fingerprint density at radius 2 is 2.02 bits per heavy atom. The number of nitrogens with zero attached hydrogens (tertiary/aromatic N) is 2. The first kappa shape index (κ1) is 30.3. The van der Waals surface area contributed by atoms with Crippen LogP contribution in [0.5, 0.6) is 11.6 Å². The molecule has 0 aliphatic carbocycles. The van der Waals surface area contributed by atoms with E-state index in [0.29, 0.717) is 11.1 Å². The Kier molecular flexibility index (Phi) is 8.89. The Hall–Kier alpha value is -3.70. The first-order valence-electron chi connectivity index (χ1n) is 12.8. The number of rotatable bonds is 10. The number of carboxylic acid groups (broad SMARTS) is 1. The van der Waals surface area contributed by atoms with Crippen LogP contribution >= 0.6 is 11.6 Å². The zero-order chi connectivity index (χ0) is 29.9. The highest BCUT2D eigenvalue weighted by Gasteiger charge is 2.37. The second-order valence-corrected chi connectivity index (χ2v) is 11.8. The van der Waals surface area contributed by atoms with Crippen molar-refractivity contribution < 1.29 is 36.6 Å². The molecule has 2 aromatic carbocycles. The smallest absolute Gasteiger partial charge is 0.303 e. The summed E-state index contributed by atoms with van der Waals surface area (Å²) >= 11 is 6.24. The number of ether oxygens (including phenoxy) is 2. The Morgan fingerprint density at radius 3 is 2.71 bits per heavy atom. The van der Waals surface area contributed by atoms with Crippen LogP contribution in [0.3, 0.4) is 0 Å². The summed E-state index contributed by atoms with van der Waals surface area (Å²) in [5.74, 6) is -4.00. The highest BCUT2D eigenvalue weighted by atomic mass is 35.5. The first-order valence-corrected chi connectivity index (χ1v) is 14.6. The zero-order valence-corrected chi connectivity index (χ0v) is 24.2. The van der Waals surface area contributed by atoms with Gasteiger partial charge in [-0.1, -0.05) is 42.0 Å². The fourth-order valence-corrected chi connectivity index (χ4v) is 6.35. The molecule has 41 heavy (non-hydrogen) atoms. The van der Waals surface area contributed by atoms with Gasteiger partial charge in [-0.2, -0.15) is 0 Å². The highest BCUT2D eigenvalue weighted by Crippen LogP contribution is 2.41. The maximum atomic E-state index is 14.2. The van der Waals surface area contributed by atoms with E-state index in [1.165, 1.54) is 36.5 Å². The molecule has 0 amide bonds. The third kappa shape index (κ3) is 6.79. The monoisotopic (exact) mass is 606 g/mol. The largest absolute Gasteiger partial charge is 0.486 e. The summed E-state index contributed by atoms with van der Waals surface area (Å²) < 4.78 is 69.3. The number of hydrogen-bond donors (Lipinski definition) is 1. The number of aryl methyl sites for hydroxylation is 1. The van der Waals surface area contributed by atoms with Crippen molar-refractivity contribution in [2.24, 2.45) is 0 Å². The number of sulfonamides is 1. The van der Waals surface area contributed by atoms with Crippen molar-refractivity contribution in [2.45, 2.75) is 50.5 Å². The molecule has 0 bridgehead atoms. The van der Waals surface area contributed by atoms with Gasteiger partial charge in [0.1, 0.15) is 16.7 Å². The van der Waals surface area contributed by atoms with Crippen molar-refractivity contribution in [2.75, 3.05) is 17.5 Å². The predicted octanol–water partition coefficient (Wildman–Crippen LogP) is 6.55. The van der Waals surface area contributed by atoms with Crippen LogP contribution in [0, 0.1) is 6.92 Å². The highest BCUT2D eigenvalue weighted by molar-refractivity contribution is 7.93. The van der Waals surface area contributed by atoms with E-state index in [0.717, 1.165) is 11.2 Å². The number of aliphatic carboxylic acids is 1. The minimum absolute atomic E-state index is 0.0592. The molecule has 1 aliphatic rings. The van der Waals surface area contributed by atoms with Gasteiger partial charge in [0, 0.05) is 35.7 Å². The molecule has 1 N–H and O–H groups in total. The van der Waals surface area contributed by atoms with E-state index in [2.05, 4.69) is 4.98 Å². The summed E-state index contributed by atoms with van der Waals surface area (Å²) in [4.78, 5) is 15.2. The summed E-state index contributed by atoms with van der Waals surface area (Å²) in [5, 5.41) is 9.31. The molecule has 12 heteroatoms. The van der Waals surface area contributed by atoms with Gasteiger partial charge in [-0.15, -0.1) is 0 Å². The SMILES string of the molecule is CCOc1ncc(C)cc1S(=O)(=O)N1C[C@H](CCC(=O)O)Oc2ccc(/C=C/c3c(Cl)cccc3C(C)(F)F)cc21. The average molecular weight is 607 g/mol. The van der Waals surface area contributed by atoms with Crippen LogP contribution in [-0.4, -0.2) is 43.7 Å². The van der Waals surface area contributed by atoms with Gasteiger partial charge < -0.3 is 14.6 Å². The van der Waals surface area contributed by atoms with E-state index in [4.69, 9.17) is 21.1 Å². The fourth-order valence-electron chi connectivity index (χ4n) is 4.44. The number of anilines is 1. The van der Waals surface area contributed by atoms with Crippen molar-refractivity contribution in [3.8, 4) is 11.6 Å². The molecule has 0 unspecified atom stereocenters. The van der Waals surface area contributed by atoms with Crippen LogP contribution < -0.4 is 13.8 Å². The standard InChI is InChI=1S/C29H29ClF2N2O6S/c1-4-39-28-26(14-18(2)16-33-28)41(37,38)34-17-20(10-13-27(35)36)40-25-12-9-19(15-24(25)34)8-11-21-22(29(3,31)32)6-5-7-23(21)30/h5-9,11-12,14-16,20H,4,10,13,17H2,1-3H3,(H,35,36)/b11-8+/t20-/m0/s1. The molecule has 218 valence electrons. The van der Waals surface area contributed by atoms with Crippen LogP contribution in [0.2, 0.25) is 5.02 Å². The number of pyridine rings is 1. The van der Waals surface area contributed by atoms with E-state index >= 15 is 0 Å².